The van der Waals surface area contributed by atoms with E-state index in [0.717, 1.165) is 16.9 Å². The van der Waals surface area contributed by atoms with Crippen molar-refractivity contribution in [1.82, 2.24) is 0 Å². The lowest BCUT2D eigenvalue weighted by Crippen LogP contribution is -2.37. The average Bonchev–Trinajstić information content (AvgIpc) is 3.30. The van der Waals surface area contributed by atoms with Gasteiger partial charge in [0, 0.05) is 24.8 Å². The third-order valence-corrected chi connectivity index (χ3v) is 6.18. The maximum atomic E-state index is 13.6. The molecular weight excluding hydrogens is 426 g/mol. The van der Waals surface area contributed by atoms with Crippen molar-refractivity contribution in [3.8, 4) is 0 Å². The minimum absolute atomic E-state index is 0.289. The number of amides is 2. The van der Waals surface area contributed by atoms with Gasteiger partial charge in [0.15, 0.2) is 6.10 Å². The molecule has 162 valence electrons. The SMILES string of the molecule is CN(C)c1ccc([C@H]2[C@H]3C(=O)N(c4cccc(Cl)c4)C(=O)[C@@H]3ON2c2ccccc2)cc1. The Labute approximate surface area is 191 Å². The minimum atomic E-state index is -0.903. The molecule has 5 rings (SSSR count). The normalized spacial score (nSPS) is 22.4. The van der Waals surface area contributed by atoms with E-state index >= 15 is 0 Å². The molecular formula is C25H22ClN3O3. The van der Waals surface area contributed by atoms with Crippen molar-refractivity contribution < 1.29 is 14.4 Å². The maximum absolute atomic E-state index is 13.6. The van der Waals surface area contributed by atoms with Crippen LogP contribution in [0.5, 0.6) is 0 Å². The second-order valence-electron chi connectivity index (χ2n) is 8.14. The first-order valence-electron chi connectivity index (χ1n) is 10.4. The molecule has 2 aliphatic heterocycles. The summed E-state index contributed by atoms with van der Waals surface area (Å²) in [6.45, 7) is 0. The first-order valence-corrected chi connectivity index (χ1v) is 10.8. The molecule has 0 N–H and O–H groups in total. The minimum Gasteiger partial charge on any atom is -0.378 e. The number of benzene rings is 3. The molecule has 2 fully saturated rings. The molecule has 0 spiro atoms. The predicted molar refractivity (Wildman–Crippen MR) is 125 cm³/mol. The number of anilines is 3. The number of imide groups is 1. The summed E-state index contributed by atoms with van der Waals surface area (Å²) in [6.07, 6.45) is -0.903. The number of carbonyl (C=O) groups excluding carboxylic acids is 2. The van der Waals surface area contributed by atoms with Crippen LogP contribution < -0.4 is 14.9 Å². The topological polar surface area (TPSA) is 53.1 Å². The fourth-order valence-electron chi connectivity index (χ4n) is 4.39. The first kappa shape index (κ1) is 20.5. The Balaban J connectivity index is 1.57. The van der Waals surface area contributed by atoms with Crippen LogP contribution in [-0.2, 0) is 14.4 Å². The van der Waals surface area contributed by atoms with Crippen LogP contribution in [0.2, 0.25) is 5.02 Å². The van der Waals surface area contributed by atoms with E-state index in [4.69, 9.17) is 16.4 Å². The molecule has 6 nitrogen and oxygen atoms in total. The second-order valence-corrected chi connectivity index (χ2v) is 8.57. The van der Waals surface area contributed by atoms with Crippen LogP contribution in [0.25, 0.3) is 0 Å². The summed E-state index contributed by atoms with van der Waals surface area (Å²) >= 11 is 6.11. The van der Waals surface area contributed by atoms with Crippen molar-refractivity contribution >= 4 is 40.5 Å². The van der Waals surface area contributed by atoms with Crippen LogP contribution in [0, 0.1) is 5.92 Å². The highest BCUT2D eigenvalue weighted by Gasteiger charge is 2.60. The third kappa shape index (κ3) is 3.32. The molecule has 0 aliphatic carbocycles. The van der Waals surface area contributed by atoms with E-state index in [2.05, 4.69) is 0 Å². The smallest absolute Gasteiger partial charge is 0.266 e. The molecule has 0 aromatic heterocycles. The van der Waals surface area contributed by atoms with Crippen molar-refractivity contribution in [2.24, 2.45) is 5.92 Å². The van der Waals surface area contributed by atoms with Crippen LogP contribution in [0.15, 0.2) is 78.9 Å². The fraction of sp³-hybridized carbons (Fsp3) is 0.200. The number of carbonyl (C=O) groups is 2. The Bertz CT molecular complexity index is 1170. The first-order chi connectivity index (χ1) is 15.5. The van der Waals surface area contributed by atoms with E-state index in [-0.39, 0.29) is 11.8 Å². The quantitative estimate of drug-likeness (QED) is 0.553. The molecule has 7 heteroatoms. The zero-order valence-electron chi connectivity index (χ0n) is 17.7. The highest BCUT2D eigenvalue weighted by molar-refractivity contribution is 6.31. The summed E-state index contributed by atoms with van der Waals surface area (Å²) < 4.78 is 0. The van der Waals surface area contributed by atoms with Gasteiger partial charge in [-0.05, 0) is 48.0 Å². The molecule has 0 radical (unpaired) electrons. The number of hydroxylamine groups is 1. The summed E-state index contributed by atoms with van der Waals surface area (Å²) in [4.78, 5) is 36.3. The summed E-state index contributed by atoms with van der Waals surface area (Å²) in [6, 6.07) is 23.8. The Morgan fingerprint density at radius 3 is 2.19 bits per heavy atom. The van der Waals surface area contributed by atoms with E-state index in [9.17, 15) is 9.59 Å². The van der Waals surface area contributed by atoms with Gasteiger partial charge in [-0.15, -0.1) is 0 Å². The molecule has 2 amide bonds. The lowest BCUT2D eigenvalue weighted by atomic mass is 9.90. The Hall–Kier alpha value is -3.35. The number of halogens is 1. The van der Waals surface area contributed by atoms with Crippen molar-refractivity contribution in [2.45, 2.75) is 12.1 Å². The van der Waals surface area contributed by atoms with Gasteiger partial charge in [-0.25, -0.2) is 9.96 Å². The molecule has 0 saturated carbocycles. The van der Waals surface area contributed by atoms with Crippen molar-refractivity contribution in [2.75, 3.05) is 29.0 Å². The van der Waals surface area contributed by atoms with Gasteiger partial charge in [-0.2, -0.15) is 0 Å². The van der Waals surface area contributed by atoms with Crippen LogP contribution in [0.3, 0.4) is 0 Å². The predicted octanol–water partition coefficient (Wildman–Crippen LogP) is 4.46. The van der Waals surface area contributed by atoms with Crippen molar-refractivity contribution in [3.63, 3.8) is 0 Å². The van der Waals surface area contributed by atoms with Crippen molar-refractivity contribution in [1.29, 1.82) is 0 Å². The number of hydrogen-bond donors (Lipinski definition) is 0. The number of hydrogen-bond acceptors (Lipinski definition) is 5. The number of rotatable bonds is 4. The number of para-hydroxylation sites is 1. The zero-order valence-corrected chi connectivity index (χ0v) is 18.4. The monoisotopic (exact) mass is 447 g/mol. The summed E-state index contributed by atoms with van der Waals surface area (Å²) in [5.41, 5.74) is 3.20. The van der Waals surface area contributed by atoms with Gasteiger partial charge < -0.3 is 4.90 Å². The van der Waals surface area contributed by atoms with Crippen LogP contribution >= 0.6 is 11.6 Å². The summed E-state index contributed by atoms with van der Waals surface area (Å²) in [5.74, 6) is -1.34. The van der Waals surface area contributed by atoms with Gasteiger partial charge >= 0.3 is 0 Å². The van der Waals surface area contributed by atoms with E-state index in [1.807, 2.05) is 73.6 Å². The van der Waals surface area contributed by atoms with E-state index in [0.29, 0.717) is 10.7 Å². The molecule has 32 heavy (non-hydrogen) atoms. The van der Waals surface area contributed by atoms with Gasteiger partial charge in [-0.3, -0.25) is 14.4 Å². The van der Waals surface area contributed by atoms with E-state index < -0.39 is 18.1 Å². The molecule has 0 unspecified atom stereocenters. The Morgan fingerprint density at radius 2 is 1.53 bits per heavy atom. The molecule has 2 saturated heterocycles. The van der Waals surface area contributed by atoms with Gasteiger partial charge in [0.05, 0.1) is 17.4 Å². The van der Waals surface area contributed by atoms with Crippen molar-refractivity contribution in [3.05, 3.63) is 89.4 Å². The number of fused-ring (bicyclic) bond motifs is 1. The van der Waals surface area contributed by atoms with Gasteiger partial charge in [0.25, 0.3) is 5.91 Å². The van der Waals surface area contributed by atoms with Gasteiger partial charge in [0.1, 0.15) is 5.92 Å². The highest BCUT2D eigenvalue weighted by Crippen LogP contribution is 2.47. The second kappa shape index (κ2) is 7.97. The largest absolute Gasteiger partial charge is 0.378 e. The van der Waals surface area contributed by atoms with Gasteiger partial charge in [-0.1, -0.05) is 48.0 Å². The van der Waals surface area contributed by atoms with Gasteiger partial charge in [0.2, 0.25) is 5.91 Å². The van der Waals surface area contributed by atoms with Crippen LogP contribution in [-0.4, -0.2) is 32.0 Å². The molecule has 2 aliphatic rings. The molecule has 3 aromatic carbocycles. The number of nitrogens with zero attached hydrogens (tertiary/aromatic N) is 3. The average molecular weight is 448 g/mol. The standard InChI is InChI=1S/C25H22ClN3O3/c1-27(2)18-13-11-16(12-14-18)22-21-23(32-29(22)19-8-4-3-5-9-19)25(31)28(24(21)30)20-10-6-7-17(26)15-20/h3-15,21-23H,1-2H3/t21-,22+,23-/m1/s1. The third-order valence-electron chi connectivity index (χ3n) is 5.94. The summed E-state index contributed by atoms with van der Waals surface area (Å²) in [7, 11) is 3.95. The van der Waals surface area contributed by atoms with Crippen LogP contribution in [0.4, 0.5) is 17.1 Å². The molecule has 3 atom stereocenters. The summed E-state index contributed by atoms with van der Waals surface area (Å²) in [5, 5.41) is 2.16. The van der Waals surface area contributed by atoms with E-state index in [1.165, 1.54) is 4.90 Å². The highest BCUT2D eigenvalue weighted by atomic mass is 35.5. The lowest BCUT2D eigenvalue weighted by Gasteiger charge is -2.29. The zero-order chi connectivity index (χ0) is 22.4. The molecule has 3 aromatic rings. The maximum Gasteiger partial charge on any atom is 0.266 e. The molecule has 2 heterocycles. The lowest BCUT2D eigenvalue weighted by molar-refractivity contribution is -0.126. The van der Waals surface area contributed by atoms with E-state index in [1.54, 1.807) is 29.3 Å². The van der Waals surface area contributed by atoms with Crippen LogP contribution in [0.1, 0.15) is 11.6 Å². The Kier molecular flexibility index (Phi) is 5.12. The fourth-order valence-corrected chi connectivity index (χ4v) is 4.58. The Morgan fingerprint density at radius 1 is 0.844 bits per heavy atom. The molecule has 0 bridgehead atoms.